The SMILES string of the molecule is Cc1ccccc1S(=O)(=O)NC(C(N)=S)C1CCCCC1. The van der Waals surface area contributed by atoms with Crippen LogP contribution < -0.4 is 10.5 Å². The first-order valence-corrected chi connectivity index (χ1v) is 9.18. The van der Waals surface area contributed by atoms with Crippen molar-refractivity contribution in [2.75, 3.05) is 0 Å². The highest BCUT2D eigenvalue weighted by molar-refractivity contribution is 7.89. The molecule has 1 fully saturated rings. The average molecular weight is 326 g/mol. The van der Waals surface area contributed by atoms with Gasteiger partial charge in [0.15, 0.2) is 0 Å². The highest BCUT2D eigenvalue weighted by Crippen LogP contribution is 2.28. The molecule has 0 bridgehead atoms. The van der Waals surface area contributed by atoms with E-state index < -0.39 is 16.1 Å². The Labute approximate surface area is 132 Å². The van der Waals surface area contributed by atoms with Crippen LogP contribution in [0.5, 0.6) is 0 Å². The second-order valence-corrected chi connectivity index (χ2v) is 7.82. The fraction of sp³-hybridized carbons (Fsp3) is 0.533. The highest BCUT2D eigenvalue weighted by Gasteiger charge is 2.30. The fourth-order valence-electron chi connectivity index (χ4n) is 2.94. The van der Waals surface area contributed by atoms with E-state index in [2.05, 4.69) is 4.72 Å². The molecule has 1 saturated carbocycles. The van der Waals surface area contributed by atoms with E-state index in [9.17, 15) is 8.42 Å². The predicted molar refractivity (Wildman–Crippen MR) is 88.6 cm³/mol. The average Bonchev–Trinajstić information content (AvgIpc) is 2.46. The van der Waals surface area contributed by atoms with Crippen molar-refractivity contribution in [3.8, 4) is 0 Å². The second-order valence-electron chi connectivity index (χ2n) is 5.66. The summed E-state index contributed by atoms with van der Waals surface area (Å²) in [5.74, 6) is 0.204. The molecule has 0 radical (unpaired) electrons. The van der Waals surface area contributed by atoms with Crippen molar-refractivity contribution in [3.63, 3.8) is 0 Å². The molecule has 6 heteroatoms. The summed E-state index contributed by atoms with van der Waals surface area (Å²) < 4.78 is 27.9. The second kappa shape index (κ2) is 6.85. The van der Waals surface area contributed by atoms with E-state index in [4.69, 9.17) is 18.0 Å². The molecular weight excluding hydrogens is 304 g/mol. The van der Waals surface area contributed by atoms with Gasteiger partial charge in [-0.05, 0) is 37.3 Å². The Morgan fingerprint density at radius 1 is 1.29 bits per heavy atom. The molecule has 21 heavy (non-hydrogen) atoms. The van der Waals surface area contributed by atoms with Crippen molar-refractivity contribution in [2.45, 2.75) is 50.0 Å². The summed E-state index contributed by atoms with van der Waals surface area (Å²) in [4.78, 5) is 0.529. The van der Waals surface area contributed by atoms with Crippen molar-refractivity contribution < 1.29 is 8.42 Å². The van der Waals surface area contributed by atoms with Crippen LogP contribution in [0.15, 0.2) is 29.2 Å². The summed E-state index contributed by atoms with van der Waals surface area (Å²) in [5, 5.41) is 0. The largest absolute Gasteiger partial charge is 0.392 e. The van der Waals surface area contributed by atoms with Gasteiger partial charge in [-0.3, -0.25) is 0 Å². The normalized spacial score (nSPS) is 18.3. The summed E-state index contributed by atoms with van der Waals surface area (Å²) in [6.07, 6.45) is 5.35. The van der Waals surface area contributed by atoms with Gasteiger partial charge in [-0.1, -0.05) is 49.7 Å². The van der Waals surface area contributed by atoms with Gasteiger partial charge in [0.2, 0.25) is 10.0 Å². The number of aryl methyl sites for hydroxylation is 1. The van der Waals surface area contributed by atoms with Gasteiger partial charge in [0, 0.05) is 0 Å². The molecule has 4 nitrogen and oxygen atoms in total. The van der Waals surface area contributed by atoms with E-state index in [1.807, 2.05) is 6.07 Å². The van der Waals surface area contributed by atoms with Gasteiger partial charge in [0.1, 0.15) is 0 Å². The van der Waals surface area contributed by atoms with E-state index in [1.165, 1.54) is 6.42 Å². The van der Waals surface area contributed by atoms with Crippen LogP contribution in [-0.4, -0.2) is 19.4 Å². The molecule has 1 aliphatic carbocycles. The topological polar surface area (TPSA) is 72.2 Å². The minimum absolute atomic E-state index is 0.204. The first-order chi connectivity index (χ1) is 9.92. The Morgan fingerprint density at radius 2 is 1.90 bits per heavy atom. The molecule has 1 unspecified atom stereocenters. The van der Waals surface area contributed by atoms with Gasteiger partial charge in [0.25, 0.3) is 0 Å². The third-order valence-electron chi connectivity index (χ3n) is 4.09. The molecule has 116 valence electrons. The monoisotopic (exact) mass is 326 g/mol. The number of nitrogens with one attached hydrogen (secondary N) is 1. The van der Waals surface area contributed by atoms with E-state index in [0.717, 1.165) is 31.2 Å². The summed E-state index contributed by atoms with van der Waals surface area (Å²) in [7, 11) is -3.60. The quantitative estimate of drug-likeness (QED) is 0.816. The Morgan fingerprint density at radius 3 is 2.48 bits per heavy atom. The minimum Gasteiger partial charge on any atom is -0.392 e. The number of hydrogen-bond donors (Lipinski definition) is 2. The summed E-state index contributed by atoms with van der Waals surface area (Å²) in [5.41, 5.74) is 6.51. The first kappa shape index (κ1) is 16.4. The smallest absolute Gasteiger partial charge is 0.241 e. The lowest BCUT2D eigenvalue weighted by Gasteiger charge is -2.30. The minimum atomic E-state index is -3.60. The van der Waals surface area contributed by atoms with Gasteiger partial charge in [-0.25, -0.2) is 13.1 Å². The summed E-state index contributed by atoms with van der Waals surface area (Å²) >= 11 is 5.10. The molecule has 0 amide bonds. The Balaban J connectivity index is 2.23. The van der Waals surface area contributed by atoms with Crippen LogP contribution in [0.3, 0.4) is 0 Å². The van der Waals surface area contributed by atoms with Crippen LogP contribution in [-0.2, 0) is 10.0 Å². The molecule has 2 rings (SSSR count). The molecule has 1 aliphatic rings. The van der Waals surface area contributed by atoms with Gasteiger partial charge in [-0.2, -0.15) is 0 Å². The van der Waals surface area contributed by atoms with Crippen molar-refractivity contribution >= 4 is 27.2 Å². The first-order valence-electron chi connectivity index (χ1n) is 7.29. The maximum absolute atomic E-state index is 12.6. The third kappa shape index (κ3) is 4.02. The lowest BCUT2D eigenvalue weighted by molar-refractivity contribution is 0.330. The number of benzene rings is 1. The maximum atomic E-state index is 12.6. The number of hydrogen-bond acceptors (Lipinski definition) is 3. The van der Waals surface area contributed by atoms with Crippen LogP contribution in [0.4, 0.5) is 0 Å². The zero-order valence-corrected chi connectivity index (χ0v) is 13.8. The highest BCUT2D eigenvalue weighted by atomic mass is 32.2. The molecule has 3 N–H and O–H groups in total. The van der Waals surface area contributed by atoms with Crippen LogP contribution >= 0.6 is 12.2 Å². The summed E-state index contributed by atoms with van der Waals surface area (Å²) in [6, 6.07) is 6.48. The van der Waals surface area contributed by atoms with Gasteiger partial charge in [-0.15, -0.1) is 0 Å². The molecule has 0 aliphatic heterocycles. The predicted octanol–water partition coefficient (Wildman–Crippen LogP) is 2.51. The number of nitrogens with two attached hydrogens (primary N) is 1. The van der Waals surface area contributed by atoms with E-state index in [-0.39, 0.29) is 10.9 Å². The number of sulfonamides is 1. The molecule has 0 heterocycles. The van der Waals surface area contributed by atoms with Crippen molar-refractivity contribution in [3.05, 3.63) is 29.8 Å². The third-order valence-corrected chi connectivity index (χ3v) is 5.95. The van der Waals surface area contributed by atoms with E-state index in [0.29, 0.717) is 4.90 Å². The van der Waals surface area contributed by atoms with Crippen molar-refractivity contribution in [1.29, 1.82) is 0 Å². The zero-order valence-electron chi connectivity index (χ0n) is 12.2. The molecule has 1 aromatic carbocycles. The zero-order chi connectivity index (χ0) is 15.5. The molecule has 0 spiro atoms. The number of rotatable bonds is 5. The molecule has 0 aromatic heterocycles. The standard InChI is InChI=1S/C15H22N2O2S2/c1-11-7-5-6-10-13(11)21(18,19)17-14(15(16)20)12-8-3-2-4-9-12/h5-7,10,12,14,17H,2-4,8-9H2,1H3,(H2,16,20). The Bertz CT molecular complexity index is 608. The van der Waals surface area contributed by atoms with Crippen molar-refractivity contribution in [1.82, 2.24) is 4.72 Å². The Hall–Kier alpha value is -0.980. The van der Waals surface area contributed by atoms with Crippen LogP contribution in [0.2, 0.25) is 0 Å². The summed E-state index contributed by atoms with van der Waals surface area (Å²) in [6.45, 7) is 1.78. The lowest BCUT2D eigenvalue weighted by atomic mass is 9.84. The molecule has 0 saturated heterocycles. The Kier molecular flexibility index (Phi) is 5.35. The van der Waals surface area contributed by atoms with Gasteiger partial charge < -0.3 is 5.73 Å². The maximum Gasteiger partial charge on any atom is 0.241 e. The number of thiocarbonyl (C=S) groups is 1. The van der Waals surface area contributed by atoms with Crippen molar-refractivity contribution in [2.24, 2.45) is 11.7 Å². The van der Waals surface area contributed by atoms with Crippen LogP contribution in [0, 0.1) is 12.8 Å². The van der Waals surface area contributed by atoms with E-state index >= 15 is 0 Å². The van der Waals surface area contributed by atoms with Crippen LogP contribution in [0.1, 0.15) is 37.7 Å². The van der Waals surface area contributed by atoms with E-state index in [1.54, 1.807) is 25.1 Å². The van der Waals surface area contributed by atoms with Gasteiger partial charge in [0.05, 0.1) is 15.9 Å². The molecule has 1 aromatic rings. The van der Waals surface area contributed by atoms with Gasteiger partial charge >= 0.3 is 0 Å². The molecule has 1 atom stereocenters. The molecular formula is C15H22N2O2S2. The fourth-order valence-corrected chi connectivity index (χ4v) is 4.80. The van der Waals surface area contributed by atoms with Crippen LogP contribution in [0.25, 0.3) is 0 Å². The lowest BCUT2D eigenvalue weighted by Crippen LogP contribution is -2.48.